The molecule has 0 fully saturated rings. The molecule has 0 amide bonds. The fourth-order valence-corrected chi connectivity index (χ4v) is 3.17. The van der Waals surface area contributed by atoms with Gasteiger partial charge in [0, 0.05) is 22.8 Å². The van der Waals surface area contributed by atoms with E-state index in [9.17, 15) is 13.2 Å². The third-order valence-electron chi connectivity index (χ3n) is 4.36. The van der Waals surface area contributed by atoms with E-state index in [0.29, 0.717) is 5.56 Å². The monoisotopic (exact) mass is 344 g/mol. The molecule has 130 valence electrons. The Morgan fingerprint density at radius 2 is 1.72 bits per heavy atom. The highest BCUT2D eigenvalue weighted by Gasteiger charge is 2.33. The van der Waals surface area contributed by atoms with Crippen molar-refractivity contribution in [3.05, 3.63) is 70.9 Å². The summed E-state index contributed by atoms with van der Waals surface area (Å²) in [7, 11) is 0. The summed E-state index contributed by atoms with van der Waals surface area (Å²) < 4.78 is 39.5. The lowest BCUT2D eigenvalue weighted by Crippen LogP contribution is -2.13. The van der Waals surface area contributed by atoms with Crippen molar-refractivity contribution in [1.82, 2.24) is 4.98 Å². The first-order chi connectivity index (χ1) is 11.8. The molecule has 0 spiro atoms. The van der Waals surface area contributed by atoms with Crippen molar-refractivity contribution < 1.29 is 13.2 Å². The minimum absolute atomic E-state index is 0.255. The number of fused-ring (bicyclic) bond motifs is 1. The molecule has 1 heterocycles. The topological polar surface area (TPSA) is 24.9 Å². The number of benzene rings is 2. The van der Waals surface area contributed by atoms with Crippen molar-refractivity contribution in [2.24, 2.45) is 0 Å². The lowest BCUT2D eigenvalue weighted by atomic mass is 9.97. The highest BCUT2D eigenvalue weighted by atomic mass is 19.4. The van der Waals surface area contributed by atoms with Crippen LogP contribution in [0.25, 0.3) is 10.9 Å². The van der Waals surface area contributed by atoms with Gasteiger partial charge in [-0.2, -0.15) is 13.2 Å². The summed E-state index contributed by atoms with van der Waals surface area (Å²) in [6, 6.07) is 13.7. The smallest absolute Gasteiger partial charge is 0.378 e. The Morgan fingerprint density at radius 3 is 2.44 bits per heavy atom. The Labute approximate surface area is 144 Å². The van der Waals surface area contributed by atoms with Crippen LogP contribution in [0.15, 0.2) is 48.5 Å². The van der Waals surface area contributed by atoms with Gasteiger partial charge in [0.15, 0.2) is 0 Å². The van der Waals surface area contributed by atoms with Crippen LogP contribution < -0.4 is 5.32 Å². The average Bonchev–Trinajstić information content (AvgIpc) is 2.53. The first-order valence-electron chi connectivity index (χ1n) is 8.07. The molecule has 0 aliphatic heterocycles. The van der Waals surface area contributed by atoms with Crippen LogP contribution in [-0.2, 0) is 6.18 Å². The molecule has 3 rings (SSSR count). The minimum Gasteiger partial charge on any atom is -0.378 e. The molecule has 3 aromatic rings. The Balaban J connectivity index is 2.00. The summed E-state index contributed by atoms with van der Waals surface area (Å²) in [5.74, 6) is 0. The van der Waals surface area contributed by atoms with E-state index < -0.39 is 11.7 Å². The second-order valence-electron chi connectivity index (χ2n) is 6.21. The van der Waals surface area contributed by atoms with E-state index in [1.165, 1.54) is 13.0 Å². The second kappa shape index (κ2) is 6.39. The zero-order valence-electron chi connectivity index (χ0n) is 14.3. The van der Waals surface area contributed by atoms with Crippen molar-refractivity contribution in [2.45, 2.75) is 33.0 Å². The quantitative estimate of drug-likeness (QED) is 0.626. The molecule has 1 atom stereocenters. The van der Waals surface area contributed by atoms with Gasteiger partial charge in [0.25, 0.3) is 0 Å². The molecule has 0 aliphatic rings. The largest absolute Gasteiger partial charge is 0.416 e. The Hall–Kier alpha value is -2.56. The number of aryl methyl sites for hydroxylation is 1. The number of anilines is 1. The summed E-state index contributed by atoms with van der Waals surface area (Å²) in [5.41, 5.74) is 2.88. The summed E-state index contributed by atoms with van der Waals surface area (Å²) >= 11 is 0. The number of rotatable bonds is 3. The number of nitrogens with one attached hydrogen (secondary N) is 1. The molecule has 2 aromatic carbocycles. The molecule has 0 radical (unpaired) electrons. The third-order valence-corrected chi connectivity index (χ3v) is 4.36. The maximum atomic E-state index is 13.2. The maximum Gasteiger partial charge on any atom is 0.416 e. The molecule has 0 saturated heterocycles. The second-order valence-corrected chi connectivity index (χ2v) is 6.21. The van der Waals surface area contributed by atoms with Crippen LogP contribution in [0.2, 0.25) is 0 Å². The van der Waals surface area contributed by atoms with Gasteiger partial charge in [-0.05, 0) is 50.1 Å². The fourth-order valence-electron chi connectivity index (χ4n) is 3.17. The van der Waals surface area contributed by atoms with Gasteiger partial charge in [0.1, 0.15) is 0 Å². The Morgan fingerprint density at radius 1 is 1.00 bits per heavy atom. The highest BCUT2D eigenvalue weighted by Crippen LogP contribution is 2.35. The molecule has 2 nitrogen and oxygen atoms in total. The predicted molar refractivity (Wildman–Crippen MR) is 94.7 cm³/mol. The number of alkyl halides is 3. The molecule has 0 bridgehead atoms. The normalized spacial score (nSPS) is 13.0. The zero-order chi connectivity index (χ0) is 18.2. The SMILES string of the molecule is Cc1cc(NC(C)c2cccc(C(F)(F)F)c2C)c2ccccc2n1. The summed E-state index contributed by atoms with van der Waals surface area (Å²) in [6.07, 6.45) is -4.35. The summed E-state index contributed by atoms with van der Waals surface area (Å²) in [4.78, 5) is 4.49. The maximum absolute atomic E-state index is 13.2. The van der Waals surface area contributed by atoms with Gasteiger partial charge >= 0.3 is 6.18 Å². The molecular formula is C20H19F3N2. The van der Waals surface area contributed by atoms with Crippen molar-refractivity contribution in [3.63, 3.8) is 0 Å². The molecule has 1 N–H and O–H groups in total. The predicted octanol–water partition coefficient (Wildman–Crippen LogP) is 6.04. The minimum atomic E-state index is -4.35. The van der Waals surface area contributed by atoms with Gasteiger partial charge in [-0.15, -0.1) is 0 Å². The highest BCUT2D eigenvalue weighted by molar-refractivity contribution is 5.91. The zero-order valence-corrected chi connectivity index (χ0v) is 14.3. The summed E-state index contributed by atoms with van der Waals surface area (Å²) in [5, 5.41) is 4.30. The fraction of sp³-hybridized carbons (Fsp3) is 0.250. The number of hydrogen-bond acceptors (Lipinski definition) is 2. The Bertz CT molecular complexity index is 916. The first-order valence-corrected chi connectivity index (χ1v) is 8.07. The van der Waals surface area contributed by atoms with Gasteiger partial charge in [0.05, 0.1) is 11.1 Å². The van der Waals surface area contributed by atoms with E-state index in [0.717, 1.165) is 28.4 Å². The number of para-hydroxylation sites is 1. The number of nitrogens with zero attached hydrogens (tertiary/aromatic N) is 1. The number of hydrogen-bond donors (Lipinski definition) is 1. The van der Waals surface area contributed by atoms with Gasteiger partial charge < -0.3 is 5.32 Å². The lowest BCUT2D eigenvalue weighted by molar-refractivity contribution is -0.138. The van der Waals surface area contributed by atoms with Crippen LogP contribution >= 0.6 is 0 Å². The Kier molecular flexibility index (Phi) is 4.41. The van der Waals surface area contributed by atoms with E-state index in [-0.39, 0.29) is 11.6 Å². The molecule has 1 aromatic heterocycles. The number of aromatic nitrogens is 1. The van der Waals surface area contributed by atoms with Gasteiger partial charge in [-0.25, -0.2) is 0 Å². The molecule has 5 heteroatoms. The van der Waals surface area contributed by atoms with E-state index in [4.69, 9.17) is 0 Å². The first kappa shape index (κ1) is 17.3. The van der Waals surface area contributed by atoms with E-state index >= 15 is 0 Å². The van der Waals surface area contributed by atoms with Gasteiger partial charge in [-0.3, -0.25) is 4.98 Å². The molecule has 0 saturated carbocycles. The third kappa shape index (κ3) is 3.45. The molecular weight excluding hydrogens is 325 g/mol. The van der Waals surface area contributed by atoms with Crippen LogP contribution in [0.4, 0.5) is 18.9 Å². The van der Waals surface area contributed by atoms with Crippen molar-refractivity contribution in [2.75, 3.05) is 5.32 Å². The van der Waals surface area contributed by atoms with Gasteiger partial charge in [0.2, 0.25) is 0 Å². The van der Waals surface area contributed by atoms with E-state index in [1.54, 1.807) is 6.07 Å². The van der Waals surface area contributed by atoms with E-state index in [1.807, 2.05) is 44.2 Å². The molecule has 25 heavy (non-hydrogen) atoms. The van der Waals surface area contributed by atoms with Crippen LogP contribution in [0.5, 0.6) is 0 Å². The molecule has 1 unspecified atom stereocenters. The van der Waals surface area contributed by atoms with Crippen LogP contribution in [-0.4, -0.2) is 4.98 Å². The van der Waals surface area contributed by atoms with Crippen LogP contribution in [0.3, 0.4) is 0 Å². The van der Waals surface area contributed by atoms with E-state index in [2.05, 4.69) is 10.3 Å². The van der Waals surface area contributed by atoms with Crippen LogP contribution in [0.1, 0.15) is 35.3 Å². The average molecular weight is 344 g/mol. The lowest BCUT2D eigenvalue weighted by Gasteiger charge is -2.21. The standard InChI is InChI=1S/C20H19F3N2/c1-12-11-19(16-7-4-5-10-18(16)24-12)25-14(3)15-8-6-9-17(13(15)2)20(21,22)23/h4-11,14H,1-3H3,(H,24,25). The van der Waals surface area contributed by atoms with Gasteiger partial charge in [-0.1, -0.05) is 30.3 Å². The number of pyridine rings is 1. The van der Waals surface area contributed by atoms with Crippen molar-refractivity contribution in [3.8, 4) is 0 Å². The van der Waals surface area contributed by atoms with Crippen molar-refractivity contribution >= 4 is 16.6 Å². The summed E-state index contributed by atoms with van der Waals surface area (Å²) in [6.45, 7) is 5.29. The molecule has 0 aliphatic carbocycles. The van der Waals surface area contributed by atoms with Crippen LogP contribution in [0, 0.1) is 13.8 Å². The van der Waals surface area contributed by atoms with Crippen molar-refractivity contribution in [1.29, 1.82) is 0 Å². The number of halogens is 3.